The lowest BCUT2D eigenvalue weighted by Gasteiger charge is -2.10. The zero-order chi connectivity index (χ0) is 23.9. The van der Waals surface area contributed by atoms with E-state index < -0.39 is 6.09 Å². The van der Waals surface area contributed by atoms with Crippen LogP contribution in [0, 0.1) is 5.92 Å². The monoisotopic (exact) mass is 457 g/mol. The molecule has 0 saturated carbocycles. The van der Waals surface area contributed by atoms with Crippen molar-refractivity contribution in [2.75, 3.05) is 19.8 Å². The molecule has 2 rings (SSSR count). The Kier molecular flexibility index (Phi) is 11.8. The number of fused-ring (bicyclic) bond motifs is 1. The fourth-order valence-electron chi connectivity index (χ4n) is 3.17. The fourth-order valence-corrected chi connectivity index (χ4v) is 3.17. The van der Waals surface area contributed by atoms with E-state index in [9.17, 15) is 14.4 Å². The first kappa shape index (κ1) is 26.2. The zero-order valence-electron chi connectivity index (χ0n) is 19.6. The Hall–Kier alpha value is -3.09. The summed E-state index contributed by atoms with van der Waals surface area (Å²) in [4.78, 5) is 35.1. The number of hydrogen-bond donors (Lipinski definition) is 1. The molecule has 0 aliphatic rings. The van der Waals surface area contributed by atoms with Crippen molar-refractivity contribution in [3.8, 4) is 5.75 Å². The van der Waals surface area contributed by atoms with Gasteiger partial charge in [0, 0.05) is 13.0 Å². The van der Waals surface area contributed by atoms with Gasteiger partial charge >= 0.3 is 18.0 Å². The minimum atomic E-state index is -0.508. The van der Waals surface area contributed by atoms with Crippen LogP contribution in [0.1, 0.15) is 58.8 Å². The summed E-state index contributed by atoms with van der Waals surface area (Å²) in [5.41, 5.74) is 0. The first-order chi connectivity index (χ1) is 16.0. The number of unbranched alkanes of at least 4 members (excludes halogenated alkanes) is 4. The van der Waals surface area contributed by atoms with E-state index in [0.29, 0.717) is 18.7 Å². The normalized spacial score (nSPS) is 11.6. The summed E-state index contributed by atoms with van der Waals surface area (Å²) < 4.78 is 15.4. The van der Waals surface area contributed by atoms with Gasteiger partial charge in [0.05, 0.1) is 5.92 Å². The molecule has 0 bridgehead atoms. The van der Waals surface area contributed by atoms with Crippen LogP contribution in [0.15, 0.2) is 42.5 Å². The van der Waals surface area contributed by atoms with Crippen molar-refractivity contribution >= 4 is 28.8 Å². The van der Waals surface area contributed by atoms with Gasteiger partial charge in [0.25, 0.3) is 0 Å². The molecule has 0 aromatic heterocycles. The molecule has 7 nitrogen and oxygen atoms in total. The number of nitrogens with one attached hydrogen (secondary N) is 1. The Balaban J connectivity index is 1.44. The molecule has 0 heterocycles. The Bertz CT molecular complexity index is 897. The maximum atomic E-state index is 12.0. The highest BCUT2D eigenvalue weighted by Gasteiger charge is 2.12. The Morgan fingerprint density at radius 2 is 1.58 bits per heavy atom. The highest BCUT2D eigenvalue weighted by Crippen LogP contribution is 2.21. The van der Waals surface area contributed by atoms with Gasteiger partial charge < -0.3 is 19.5 Å². The van der Waals surface area contributed by atoms with Crippen LogP contribution in [0.5, 0.6) is 5.75 Å². The quantitative estimate of drug-likeness (QED) is 0.232. The minimum absolute atomic E-state index is 0.0450. The van der Waals surface area contributed by atoms with Crippen molar-refractivity contribution in [2.45, 2.75) is 58.8 Å². The van der Waals surface area contributed by atoms with Gasteiger partial charge in [-0.05, 0) is 42.2 Å². The van der Waals surface area contributed by atoms with Crippen LogP contribution >= 0.6 is 0 Å². The molecule has 2 aromatic rings. The third-order valence-electron chi connectivity index (χ3n) is 5.36. The SMILES string of the molecule is CCC(C)C(=O)OCCOC(=O)NCCCCCCCC(=O)Oc1ccc2ccccc2c1. The molecule has 0 spiro atoms. The zero-order valence-corrected chi connectivity index (χ0v) is 19.6. The van der Waals surface area contributed by atoms with E-state index in [1.165, 1.54) is 0 Å². The molecule has 1 atom stereocenters. The first-order valence-electron chi connectivity index (χ1n) is 11.8. The number of alkyl carbamates (subject to hydrolysis) is 1. The summed E-state index contributed by atoms with van der Waals surface area (Å²) in [6, 6.07) is 13.6. The summed E-state index contributed by atoms with van der Waals surface area (Å²) in [6.07, 6.45) is 5.06. The van der Waals surface area contributed by atoms with Gasteiger partial charge in [-0.15, -0.1) is 0 Å². The van der Waals surface area contributed by atoms with E-state index in [1.807, 2.05) is 49.4 Å². The lowest BCUT2D eigenvalue weighted by molar-refractivity contribution is -0.149. The number of rotatable bonds is 14. The van der Waals surface area contributed by atoms with Crippen molar-refractivity contribution in [3.05, 3.63) is 42.5 Å². The standard InChI is InChI=1S/C26H35NO6/c1-3-20(2)25(29)31-17-18-32-26(30)27-16-10-6-4-5-7-13-24(28)33-23-15-14-21-11-8-9-12-22(21)19-23/h8-9,11-12,14-15,19-20H,3-7,10,13,16-18H2,1-2H3,(H,27,30). The third-order valence-corrected chi connectivity index (χ3v) is 5.36. The molecule has 1 N–H and O–H groups in total. The number of carbonyl (C=O) groups is 3. The van der Waals surface area contributed by atoms with Crippen molar-refractivity contribution in [2.24, 2.45) is 5.92 Å². The van der Waals surface area contributed by atoms with Crippen molar-refractivity contribution < 1.29 is 28.6 Å². The van der Waals surface area contributed by atoms with Gasteiger partial charge in [-0.25, -0.2) is 4.79 Å². The average Bonchev–Trinajstić information content (AvgIpc) is 2.82. The van der Waals surface area contributed by atoms with Crippen LogP contribution in [0.4, 0.5) is 4.79 Å². The van der Waals surface area contributed by atoms with Crippen molar-refractivity contribution in [3.63, 3.8) is 0 Å². The second-order valence-electron chi connectivity index (χ2n) is 8.04. The molecule has 0 radical (unpaired) electrons. The highest BCUT2D eigenvalue weighted by molar-refractivity contribution is 5.84. The average molecular weight is 458 g/mol. The summed E-state index contributed by atoms with van der Waals surface area (Å²) in [5.74, 6) is -0.0626. The molecular weight excluding hydrogens is 422 g/mol. The predicted octanol–water partition coefficient (Wildman–Crippen LogP) is 5.40. The van der Waals surface area contributed by atoms with Crippen LogP contribution in [0.2, 0.25) is 0 Å². The number of carbonyl (C=O) groups excluding carboxylic acids is 3. The van der Waals surface area contributed by atoms with Crippen LogP contribution < -0.4 is 10.1 Å². The molecule has 0 aliphatic carbocycles. The molecule has 7 heteroatoms. The van der Waals surface area contributed by atoms with Gasteiger partial charge in [-0.3, -0.25) is 9.59 Å². The second-order valence-corrected chi connectivity index (χ2v) is 8.04. The number of ether oxygens (including phenoxy) is 3. The number of esters is 2. The van der Waals surface area contributed by atoms with E-state index >= 15 is 0 Å². The lowest BCUT2D eigenvalue weighted by atomic mass is 10.1. The Morgan fingerprint density at radius 1 is 0.879 bits per heavy atom. The number of amides is 1. The summed E-state index contributed by atoms with van der Waals surface area (Å²) in [7, 11) is 0. The van der Waals surface area contributed by atoms with Gasteiger partial charge in [-0.2, -0.15) is 0 Å². The first-order valence-corrected chi connectivity index (χ1v) is 11.8. The van der Waals surface area contributed by atoms with Gasteiger partial charge in [0.15, 0.2) is 0 Å². The van der Waals surface area contributed by atoms with Crippen molar-refractivity contribution in [1.82, 2.24) is 5.32 Å². The van der Waals surface area contributed by atoms with Crippen LogP contribution in [0.25, 0.3) is 10.8 Å². The van der Waals surface area contributed by atoms with Crippen LogP contribution in [-0.2, 0) is 19.1 Å². The molecular formula is C26H35NO6. The van der Waals surface area contributed by atoms with E-state index in [1.54, 1.807) is 6.92 Å². The molecule has 0 aliphatic heterocycles. The Labute approximate surface area is 195 Å². The summed E-state index contributed by atoms with van der Waals surface area (Å²) in [6.45, 7) is 4.35. The molecule has 33 heavy (non-hydrogen) atoms. The second kappa shape index (κ2) is 14.9. The molecule has 1 unspecified atom stereocenters. The third kappa shape index (κ3) is 10.4. The number of hydrogen-bond acceptors (Lipinski definition) is 6. The van der Waals surface area contributed by atoms with E-state index in [-0.39, 0.29) is 31.1 Å². The Morgan fingerprint density at radius 3 is 2.36 bits per heavy atom. The van der Waals surface area contributed by atoms with E-state index in [0.717, 1.165) is 49.3 Å². The predicted molar refractivity (Wildman–Crippen MR) is 127 cm³/mol. The topological polar surface area (TPSA) is 90.9 Å². The largest absolute Gasteiger partial charge is 0.462 e. The molecule has 2 aromatic carbocycles. The molecule has 0 fully saturated rings. The smallest absolute Gasteiger partial charge is 0.407 e. The molecule has 1 amide bonds. The minimum Gasteiger partial charge on any atom is -0.462 e. The maximum Gasteiger partial charge on any atom is 0.407 e. The van der Waals surface area contributed by atoms with Gasteiger partial charge in [0.2, 0.25) is 0 Å². The van der Waals surface area contributed by atoms with Gasteiger partial charge in [0.1, 0.15) is 19.0 Å². The van der Waals surface area contributed by atoms with Crippen molar-refractivity contribution in [1.29, 1.82) is 0 Å². The van der Waals surface area contributed by atoms with E-state index in [2.05, 4.69) is 5.32 Å². The van der Waals surface area contributed by atoms with Crippen LogP contribution in [0.3, 0.4) is 0 Å². The summed E-state index contributed by atoms with van der Waals surface area (Å²) >= 11 is 0. The fraction of sp³-hybridized carbons (Fsp3) is 0.500. The molecule has 0 saturated heterocycles. The van der Waals surface area contributed by atoms with Gasteiger partial charge in [-0.1, -0.05) is 63.4 Å². The number of benzene rings is 2. The van der Waals surface area contributed by atoms with Crippen LogP contribution in [-0.4, -0.2) is 37.8 Å². The maximum absolute atomic E-state index is 12.0. The van der Waals surface area contributed by atoms with E-state index in [4.69, 9.17) is 14.2 Å². The summed E-state index contributed by atoms with van der Waals surface area (Å²) in [5, 5.41) is 4.84. The lowest BCUT2D eigenvalue weighted by Crippen LogP contribution is -2.27. The highest BCUT2D eigenvalue weighted by atomic mass is 16.6. The molecule has 180 valence electrons.